The number of benzene rings is 1. The monoisotopic (exact) mass is 271 g/mol. The number of hydrogen-bond donors (Lipinski definition) is 2. The van der Waals surface area contributed by atoms with Crippen molar-refractivity contribution < 1.29 is 4.79 Å². The van der Waals surface area contributed by atoms with Gasteiger partial charge in [0.05, 0.1) is 11.4 Å². The third-order valence-electron chi connectivity index (χ3n) is 2.66. The minimum Gasteiger partial charge on any atom is -0.389 e. The molecule has 0 fully saturated rings. The van der Waals surface area contributed by atoms with Gasteiger partial charge in [0.1, 0.15) is 4.99 Å². The van der Waals surface area contributed by atoms with Crippen LogP contribution in [0.1, 0.15) is 21.6 Å². The smallest absolute Gasteiger partial charge is 0.255 e. The molecule has 0 bridgehead atoms. The number of nitrogens with two attached hydrogens (primary N) is 1. The molecule has 0 spiro atoms. The number of rotatable bonds is 3. The van der Waals surface area contributed by atoms with E-state index in [1.807, 2.05) is 6.92 Å². The number of thiocarbonyl (C=S) groups is 1. The Morgan fingerprint density at radius 3 is 2.68 bits per heavy atom. The quantitative estimate of drug-likeness (QED) is 0.840. The third-order valence-corrected chi connectivity index (χ3v) is 2.90. The first-order chi connectivity index (χ1) is 9.08. The summed E-state index contributed by atoms with van der Waals surface area (Å²) in [5.41, 5.74) is 8.18. The summed E-state index contributed by atoms with van der Waals surface area (Å²) in [6.07, 6.45) is 1.68. The van der Waals surface area contributed by atoms with E-state index in [1.54, 1.807) is 42.6 Å². The molecule has 2 aromatic rings. The maximum absolute atomic E-state index is 12.1. The van der Waals surface area contributed by atoms with E-state index in [-0.39, 0.29) is 10.9 Å². The Hall–Kier alpha value is -2.27. The third kappa shape index (κ3) is 3.14. The van der Waals surface area contributed by atoms with Crippen molar-refractivity contribution in [1.29, 1.82) is 0 Å². The van der Waals surface area contributed by atoms with Gasteiger partial charge in [0.25, 0.3) is 5.91 Å². The number of amides is 1. The molecule has 2 rings (SSSR count). The second-order valence-electron chi connectivity index (χ2n) is 4.04. The zero-order valence-electron chi connectivity index (χ0n) is 10.4. The van der Waals surface area contributed by atoms with Crippen LogP contribution in [0.4, 0.5) is 5.69 Å². The SMILES string of the molecule is Cc1ncccc1NC(=O)c1cccc(C(N)=S)c1. The molecule has 19 heavy (non-hydrogen) atoms. The average molecular weight is 271 g/mol. The van der Waals surface area contributed by atoms with Gasteiger partial charge in [0.15, 0.2) is 0 Å². The Morgan fingerprint density at radius 2 is 2.00 bits per heavy atom. The second kappa shape index (κ2) is 5.58. The Labute approximate surface area is 116 Å². The highest BCUT2D eigenvalue weighted by Crippen LogP contribution is 2.13. The normalized spacial score (nSPS) is 9.95. The molecule has 0 radical (unpaired) electrons. The molecule has 0 aliphatic carbocycles. The predicted molar refractivity (Wildman–Crippen MR) is 79.3 cm³/mol. The van der Waals surface area contributed by atoms with Gasteiger partial charge in [-0.3, -0.25) is 9.78 Å². The first-order valence-corrected chi connectivity index (χ1v) is 6.11. The van der Waals surface area contributed by atoms with E-state index in [0.29, 0.717) is 16.8 Å². The Balaban J connectivity index is 2.23. The lowest BCUT2D eigenvalue weighted by Crippen LogP contribution is -2.15. The van der Waals surface area contributed by atoms with Crippen LogP contribution in [-0.2, 0) is 0 Å². The largest absolute Gasteiger partial charge is 0.389 e. The van der Waals surface area contributed by atoms with Crippen LogP contribution in [0, 0.1) is 6.92 Å². The minimum absolute atomic E-state index is 0.214. The van der Waals surface area contributed by atoms with Gasteiger partial charge in [-0.2, -0.15) is 0 Å². The van der Waals surface area contributed by atoms with E-state index < -0.39 is 0 Å². The summed E-state index contributed by atoms with van der Waals surface area (Å²) < 4.78 is 0. The summed E-state index contributed by atoms with van der Waals surface area (Å²) >= 11 is 4.89. The van der Waals surface area contributed by atoms with Crippen molar-refractivity contribution in [3.8, 4) is 0 Å². The number of carbonyl (C=O) groups is 1. The highest BCUT2D eigenvalue weighted by atomic mass is 32.1. The van der Waals surface area contributed by atoms with Gasteiger partial charge in [-0.15, -0.1) is 0 Å². The van der Waals surface area contributed by atoms with E-state index in [4.69, 9.17) is 18.0 Å². The lowest BCUT2D eigenvalue weighted by molar-refractivity contribution is 0.102. The summed E-state index contributed by atoms with van der Waals surface area (Å²) in [6.45, 7) is 1.83. The number of aromatic nitrogens is 1. The van der Waals surface area contributed by atoms with Crippen LogP contribution in [0.15, 0.2) is 42.6 Å². The molecule has 96 valence electrons. The number of aryl methyl sites for hydroxylation is 1. The van der Waals surface area contributed by atoms with Gasteiger partial charge in [-0.05, 0) is 31.2 Å². The van der Waals surface area contributed by atoms with E-state index in [1.165, 1.54) is 0 Å². The van der Waals surface area contributed by atoms with Gasteiger partial charge < -0.3 is 11.1 Å². The van der Waals surface area contributed by atoms with Crippen LogP contribution in [0.3, 0.4) is 0 Å². The molecule has 0 aliphatic rings. The summed E-state index contributed by atoms with van der Waals surface area (Å²) in [5.74, 6) is -0.214. The molecule has 0 aliphatic heterocycles. The van der Waals surface area contributed by atoms with E-state index >= 15 is 0 Å². The number of nitrogens with one attached hydrogen (secondary N) is 1. The lowest BCUT2D eigenvalue weighted by Gasteiger charge is -2.08. The number of nitrogens with zero attached hydrogens (tertiary/aromatic N) is 1. The van der Waals surface area contributed by atoms with Crippen LogP contribution in [0.25, 0.3) is 0 Å². The van der Waals surface area contributed by atoms with Crippen LogP contribution >= 0.6 is 12.2 Å². The Kier molecular flexibility index (Phi) is 3.87. The predicted octanol–water partition coefficient (Wildman–Crippen LogP) is 2.28. The van der Waals surface area contributed by atoms with Crippen molar-refractivity contribution in [3.63, 3.8) is 0 Å². The average Bonchev–Trinajstić information content (AvgIpc) is 2.41. The van der Waals surface area contributed by atoms with Crippen molar-refractivity contribution in [2.24, 2.45) is 5.73 Å². The summed E-state index contributed by atoms with van der Waals surface area (Å²) in [7, 11) is 0. The topological polar surface area (TPSA) is 68.0 Å². The molecular formula is C14H13N3OS. The van der Waals surface area contributed by atoms with Gasteiger partial charge in [-0.25, -0.2) is 0 Å². The van der Waals surface area contributed by atoms with Crippen molar-refractivity contribution in [1.82, 2.24) is 4.98 Å². The minimum atomic E-state index is -0.214. The number of pyridine rings is 1. The van der Waals surface area contributed by atoms with Crippen molar-refractivity contribution >= 4 is 28.8 Å². The first-order valence-electron chi connectivity index (χ1n) is 5.71. The molecule has 0 saturated carbocycles. The molecule has 1 aromatic heterocycles. The van der Waals surface area contributed by atoms with E-state index in [2.05, 4.69) is 10.3 Å². The molecule has 1 heterocycles. The van der Waals surface area contributed by atoms with Crippen LogP contribution in [0.5, 0.6) is 0 Å². The summed E-state index contributed by atoms with van der Waals surface area (Å²) in [5, 5.41) is 2.81. The van der Waals surface area contributed by atoms with Crippen molar-refractivity contribution in [2.75, 3.05) is 5.32 Å². The zero-order chi connectivity index (χ0) is 13.8. The molecule has 1 amide bonds. The van der Waals surface area contributed by atoms with E-state index in [0.717, 1.165) is 5.69 Å². The fourth-order valence-electron chi connectivity index (χ4n) is 1.62. The first kappa shape index (κ1) is 13.2. The molecule has 5 heteroatoms. The molecule has 0 saturated heterocycles. The number of carbonyl (C=O) groups excluding carboxylic acids is 1. The fraction of sp³-hybridized carbons (Fsp3) is 0.0714. The molecule has 0 atom stereocenters. The van der Waals surface area contributed by atoms with Gasteiger partial charge in [-0.1, -0.05) is 24.4 Å². The maximum atomic E-state index is 12.1. The van der Waals surface area contributed by atoms with Crippen molar-refractivity contribution in [2.45, 2.75) is 6.92 Å². The zero-order valence-corrected chi connectivity index (χ0v) is 11.2. The molecule has 1 aromatic carbocycles. The second-order valence-corrected chi connectivity index (χ2v) is 4.48. The molecule has 4 nitrogen and oxygen atoms in total. The van der Waals surface area contributed by atoms with Crippen LogP contribution in [-0.4, -0.2) is 15.9 Å². The van der Waals surface area contributed by atoms with Gasteiger partial charge in [0.2, 0.25) is 0 Å². The van der Waals surface area contributed by atoms with Gasteiger partial charge in [0, 0.05) is 17.3 Å². The molecular weight excluding hydrogens is 258 g/mol. The summed E-state index contributed by atoms with van der Waals surface area (Å²) in [6, 6.07) is 10.5. The highest BCUT2D eigenvalue weighted by molar-refractivity contribution is 7.80. The number of anilines is 1. The van der Waals surface area contributed by atoms with E-state index in [9.17, 15) is 4.79 Å². The lowest BCUT2D eigenvalue weighted by atomic mass is 10.1. The maximum Gasteiger partial charge on any atom is 0.255 e. The Bertz CT molecular complexity index is 640. The van der Waals surface area contributed by atoms with Gasteiger partial charge >= 0.3 is 0 Å². The van der Waals surface area contributed by atoms with Crippen LogP contribution in [0.2, 0.25) is 0 Å². The number of hydrogen-bond acceptors (Lipinski definition) is 3. The standard InChI is InChI=1S/C14H13N3OS/c1-9-12(6-3-7-16-9)17-14(18)11-5-2-4-10(8-11)13(15)19/h2-8H,1H3,(H2,15,19)(H,17,18). The molecule has 0 unspecified atom stereocenters. The highest BCUT2D eigenvalue weighted by Gasteiger charge is 2.09. The Morgan fingerprint density at radius 1 is 1.26 bits per heavy atom. The summed E-state index contributed by atoms with van der Waals surface area (Å²) in [4.78, 5) is 16.5. The van der Waals surface area contributed by atoms with Crippen LogP contribution < -0.4 is 11.1 Å². The fourth-order valence-corrected chi connectivity index (χ4v) is 1.75. The molecule has 3 N–H and O–H groups in total. The van der Waals surface area contributed by atoms with Crippen molar-refractivity contribution in [3.05, 3.63) is 59.4 Å².